The Bertz CT molecular complexity index is 2080. The van der Waals surface area contributed by atoms with Crippen LogP contribution in [0.3, 0.4) is 0 Å². The molecule has 4 N–H and O–H groups in total. The molecule has 0 spiro atoms. The normalized spacial score (nSPS) is 11.5. The van der Waals surface area contributed by atoms with Gasteiger partial charge >= 0.3 is 11.9 Å². The van der Waals surface area contributed by atoms with E-state index >= 15 is 0 Å². The molecule has 5 aromatic carbocycles. The molecule has 2 heterocycles. The number of furan rings is 2. The highest BCUT2D eigenvalue weighted by Gasteiger charge is 2.31. The lowest BCUT2D eigenvalue weighted by atomic mass is 10.0. The SMILES string of the molecule is O=C(Cc1ccccc1)Oc1c(OC(=O)Cc2ccccc2)c2c3cc(O)c(O)cc3oc2c2oc3cc(O)c(O)cc3c12. The summed E-state index contributed by atoms with van der Waals surface area (Å²) in [5.41, 5.74) is 1.64. The van der Waals surface area contributed by atoms with Crippen molar-refractivity contribution in [1.29, 1.82) is 0 Å². The van der Waals surface area contributed by atoms with E-state index in [1.807, 2.05) is 12.1 Å². The number of hydrogen-bond acceptors (Lipinski definition) is 10. The minimum Gasteiger partial charge on any atom is -0.504 e. The molecule has 0 fully saturated rings. The summed E-state index contributed by atoms with van der Waals surface area (Å²) in [6, 6.07) is 22.6. The van der Waals surface area contributed by atoms with E-state index in [2.05, 4.69) is 0 Å². The number of fused-ring (bicyclic) bond motifs is 7. The van der Waals surface area contributed by atoms with E-state index in [0.29, 0.717) is 11.1 Å². The third kappa shape index (κ3) is 4.54. The molecule has 0 aliphatic heterocycles. The zero-order chi connectivity index (χ0) is 30.5. The molecule has 0 saturated heterocycles. The van der Waals surface area contributed by atoms with Gasteiger partial charge in [-0.1, -0.05) is 60.7 Å². The first-order valence-electron chi connectivity index (χ1n) is 13.5. The lowest BCUT2D eigenvalue weighted by Crippen LogP contribution is -2.15. The van der Waals surface area contributed by atoms with Crippen molar-refractivity contribution in [2.24, 2.45) is 0 Å². The van der Waals surface area contributed by atoms with Crippen LogP contribution in [-0.2, 0) is 22.4 Å². The summed E-state index contributed by atoms with van der Waals surface area (Å²) in [6.45, 7) is 0. The van der Waals surface area contributed by atoms with Crippen LogP contribution >= 0.6 is 0 Å². The molecule has 2 aromatic heterocycles. The van der Waals surface area contributed by atoms with Crippen molar-refractivity contribution in [3.8, 4) is 34.5 Å². The van der Waals surface area contributed by atoms with Crippen LogP contribution in [0.1, 0.15) is 11.1 Å². The van der Waals surface area contributed by atoms with Gasteiger partial charge in [0.25, 0.3) is 0 Å². The van der Waals surface area contributed by atoms with E-state index in [0.717, 1.165) is 0 Å². The maximum Gasteiger partial charge on any atom is 0.315 e. The van der Waals surface area contributed by atoms with Gasteiger partial charge in [0.15, 0.2) is 45.7 Å². The second-order valence-corrected chi connectivity index (χ2v) is 10.2. The van der Waals surface area contributed by atoms with E-state index in [1.165, 1.54) is 24.3 Å². The zero-order valence-corrected chi connectivity index (χ0v) is 22.7. The summed E-state index contributed by atoms with van der Waals surface area (Å²) in [4.78, 5) is 26.8. The molecule has 0 saturated carbocycles. The largest absolute Gasteiger partial charge is 0.504 e. The second kappa shape index (κ2) is 10.3. The van der Waals surface area contributed by atoms with Crippen molar-refractivity contribution in [3.05, 3.63) is 96.1 Å². The minimum absolute atomic E-state index is 0.0422. The smallest absolute Gasteiger partial charge is 0.315 e. The third-order valence-corrected chi connectivity index (χ3v) is 7.25. The number of rotatable bonds is 6. The van der Waals surface area contributed by atoms with Gasteiger partial charge in [-0.3, -0.25) is 9.59 Å². The van der Waals surface area contributed by atoms with Gasteiger partial charge in [-0.2, -0.15) is 0 Å². The van der Waals surface area contributed by atoms with Crippen LogP contribution < -0.4 is 9.47 Å². The molecule has 7 aromatic rings. The molecule has 10 heteroatoms. The fraction of sp³-hybridized carbons (Fsp3) is 0.0588. The number of phenols is 4. The molecular weight excluding hydrogens is 568 g/mol. The number of esters is 2. The average Bonchev–Trinajstić information content (AvgIpc) is 3.54. The minimum atomic E-state index is -0.692. The Morgan fingerprint density at radius 1 is 0.545 bits per heavy atom. The summed E-state index contributed by atoms with van der Waals surface area (Å²) in [5.74, 6) is -3.63. The summed E-state index contributed by atoms with van der Waals surface area (Å²) in [5, 5.41) is 41.8. The Labute approximate surface area is 247 Å². The lowest BCUT2D eigenvalue weighted by molar-refractivity contribution is -0.136. The second-order valence-electron chi connectivity index (χ2n) is 10.2. The molecule has 44 heavy (non-hydrogen) atoms. The van der Waals surface area contributed by atoms with Crippen LogP contribution in [0.5, 0.6) is 34.5 Å². The number of phenolic OH excluding ortho intramolecular Hbond substituents is 4. The van der Waals surface area contributed by atoms with Gasteiger partial charge in [0.05, 0.1) is 23.6 Å². The van der Waals surface area contributed by atoms with Crippen LogP contribution in [0.25, 0.3) is 43.9 Å². The maximum atomic E-state index is 13.4. The highest BCUT2D eigenvalue weighted by Crippen LogP contribution is 2.53. The zero-order valence-electron chi connectivity index (χ0n) is 22.7. The average molecular weight is 591 g/mol. The summed E-state index contributed by atoms with van der Waals surface area (Å²) in [6.07, 6.45) is -0.249. The lowest BCUT2D eigenvalue weighted by Gasteiger charge is -2.14. The van der Waals surface area contributed by atoms with Crippen LogP contribution in [0.15, 0.2) is 93.8 Å². The number of aromatic hydroxyl groups is 4. The van der Waals surface area contributed by atoms with Crippen LogP contribution in [0, 0.1) is 0 Å². The van der Waals surface area contributed by atoms with Crippen molar-refractivity contribution in [3.63, 3.8) is 0 Å². The fourth-order valence-electron chi connectivity index (χ4n) is 5.26. The topological polar surface area (TPSA) is 160 Å². The fourth-order valence-corrected chi connectivity index (χ4v) is 5.26. The Morgan fingerprint density at radius 3 is 1.30 bits per heavy atom. The number of carbonyl (C=O) groups excluding carboxylic acids is 2. The molecule has 0 amide bonds. The highest BCUT2D eigenvalue weighted by molar-refractivity contribution is 6.25. The van der Waals surface area contributed by atoms with Crippen molar-refractivity contribution >= 4 is 55.8 Å². The summed E-state index contributed by atoms with van der Waals surface area (Å²) < 4.78 is 24.0. The van der Waals surface area contributed by atoms with Gasteiger partial charge in [-0.25, -0.2) is 0 Å². The van der Waals surface area contributed by atoms with Crippen LogP contribution in [0.2, 0.25) is 0 Å². The van der Waals surface area contributed by atoms with Gasteiger partial charge in [-0.05, 0) is 23.3 Å². The van der Waals surface area contributed by atoms with Crippen LogP contribution in [-0.4, -0.2) is 32.4 Å². The highest BCUT2D eigenvalue weighted by atomic mass is 16.6. The predicted octanol–water partition coefficient (Wildman–Crippen LogP) is 6.60. The monoisotopic (exact) mass is 590 g/mol. The predicted molar refractivity (Wildman–Crippen MR) is 159 cm³/mol. The maximum absolute atomic E-state index is 13.4. The van der Waals surface area contributed by atoms with Crippen molar-refractivity contribution in [2.75, 3.05) is 0 Å². The van der Waals surface area contributed by atoms with Crippen molar-refractivity contribution in [2.45, 2.75) is 12.8 Å². The van der Waals surface area contributed by atoms with Crippen LogP contribution in [0.4, 0.5) is 0 Å². The first-order valence-corrected chi connectivity index (χ1v) is 13.5. The quantitative estimate of drug-likeness (QED) is 0.0943. The number of carbonyl (C=O) groups is 2. The summed E-state index contributed by atoms with van der Waals surface area (Å²) in [7, 11) is 0. The number of ether oxygens (including phenoxy) is 2. The van der Waals surface area contributed by atoms with Gasteiger partial charge in [0.1, 0.15) is 11.2 Å². The first kappa shape index (κ1) is 26.7. The molecule has 0 atom stereocenters. The summed E-state index contributed by atoms with van der Waals surface area (Å²) >= 11 is 0. The molecule has 7 rings (SSSR count). The van der Waals surface area contributed by atoms with E-state index in [1.54, 1.807) is 48.5 Å². The van der Waals surface area contributed by atoms with Gasteiger partial charge < -0.3 is 38.7 Å². The number of benzene rings is 5. The molecule has 0 aliphatic rings. The Hall–Kier alpha value is -6.16. The molecular formula is C34H22O10. The van der Waals surface area contributed by atoms with E-state index in [4.69, 9.17) is 18.3 Å². The molecule has 218 valence electrons. The standard InChI is InChI=1S/C34H22O10/c35-21-13-19-25(15-23(21)37)41-31-29(19)33(43-27(39)11-17-7-3-1-4-8-17)34(44-28(40)12-18-9-5-2-6-10-18)30-20-14-22(36)24(38)16-26(20)42-32(30)31/h1-10,13-16,35-38H,11-12H2. The van der Waals surface area contributed by atoms with E-state index < -0.39 is 34.9 Å². The molecule has 10 nitrogen and oxygen atoms in total. The first-order chi connectivity index (χ1) is 21.3. The third-order valence-electron chi connectivity index (χ3n) is 7.25. The number of hydrogen-bond donors (Lipinski definition) is 4. The molecule has 0 bridgehead atoms. The molecule has 0 aliphatic carbocycles. The Kier molecular flexibility index (Phi) is 6.24. The molecule has 0 unspecified atom stereocenters. The van der Waals surface area contributed by atoms with Crippen molar-refractivity contribution < 1.29 is 48.3 Å². The Morgan fingerprint density at radius 2 is 0.909 bits per heavy atom. The van der Waals surface area contributed by atoms with Gasteiger partial charge in [0.2, 0.25) is 0 Å². The molecule has 0 radical (unpaired) electrons. The van der Waals surface area contributed by atoms with E-state index in [-0.39, 0.29) is 68.2 Å². The van der Waals surface area contributed by atoms with Gasteiger partial charge in [-0.15, -0.1) is 0 Å². The Balaban J connectivity index is 1.52. The van der Waals surface area contributed by atoms with E-state index in [9.17, 15) is 30.0 Å². The van der Waals surface area contributed by atoms with Crippen molar-refractivity contribution in [1.82, 2.24) is 0 Å². The van der Waals surface area contributed by atoms with Gasteiger partial charge in [0, 0.05) is 22.9 Å².